The van der Waals surface area contributed by atoms with Crippen LogP contribution in [0.3, 0.4) is 0 Å². The van der Waals surface area contributed by atoms with E-state index >= 15 is 0 Å². The number of carbonyl (C=O) groups excluding carboxylic acids is 2. The standard InChI is InChI=1S/C26H32N2O5/c1-17(2)16-33-21-11-9-19(10-12-21)23-24(27-20-7-6-8-22(15-20)31-5)26(30)28(25(23)29)13-14-32-18(3)4/h6-12,15,17-18,27H,13-14,16H2,1-5H3. The number of hydrogen-bond donors (Lipinski definition) is 1. The third-order valence-electron chi connectivity index (χ3n) is 5.00. The molecule has 0 radical (unpaired) electrons. The summed E-state index contributed by atoms with van der Waals surface area (Å²) >= 11 is 0. The molecular formula is C26H32N2O5. The molecule has 1 N–H and O–H groups in total. The van der Waals surface area contributed by atoms with Gasteiger partial charge in [-0.15, -0.1) is 0 Å². The number of hydrogen-bond acceptors (Lipinski definition) is 6. The number of rotatable bonds is 11. The van der Waals surface area contributed by atoms with Crippen LogP contribution in [-0.2, 0) is 14.3 Å². The molecule has 0 saturated heterocycles. The molecule has 1 heterocycles. The summed E-state index contributed by atoms with van der Waals surface area (Å²) in [6.45, 7) is 9.04. The monoisotopic (exact) mass is 452 g/mol. The fraction of sp³-hybridized carbons (Fsp3) is 0.385. The number of imide groups is 1. The number of methoxy groups -OCH3 is 1. The summed E-state index contributed by atoms with van der Waals surface area (Å²) in [6.07, 6.45) is 0.0120. The minimum absolute atomic E-state index is 0.0120. The second kappa shape index (κ2) is 11.0. The molecule has 2 aromatic carbocycles. The van der Waals surface area contributed by atoms with Gasteiger partial charge >= 0.3 is 0 Å². The topological polar surface area (TPSA) is 77.1 Å². The fourth-order valence-corrected chi connectivity index (χ4v) is 3.37. The lowest BCUT2D eigenvalue weighted by Crippen LogP contribution is -2.35. The van der Waals surface area contributed by atoms with Crippen molar-refractivity contribution in [3.05, 3.63) is 59.8 Å². The molecule has 0 aliphatic carbocycles. The molecule has 33 heavy (non-hydrogen) atoms. The first-order valence-corrected chi connectivity index (χ1v) is 11.2. The minimum Gasteiger partial charge on any atom is -0.497 e. The molecule has 0 unspecified atom stereocenters. The molecule has 7 nitrogen and oxygen atoms in total. The van der Waals surface area contributed by atoms with Gasteiger partial charge in [-0.25, -0.2) is 0 Å². The Morgan fingerprint density at radius 1 is 0.939 bits per heavy atom. The molecule has 2 aromatic rings. The van der Waals surface area contributed by atoms with Gasteiger partial charge in [-0.1, -0.05) is 32.0 Å². The van der Waals surface area contributed by atoms with Crippen molar-refractivity contribution < 1.29 is 23.8 Å². The Morgan fingerprint density at radius 3 is 2.30 bits per heavy atom. The molecule has 0 atom stereocenters. The van der Waals surface area contributed by atoms with Crippen molar-refractivity contribution in [2.75, 3.05) is 32.2 Å². The number of nitrogens with zero attached hydrogens (tertiary/aromatic N) is 1. The highest BCUT2D eigenvalue weighted by Gasteiger charge is 2.39. The summed E-state index contributed by atoms with van der Waals surface area (Å²) in [7, 11) is 1.58. The molecule has 0 aromatic heterocycles. The van der Waals surface area contributed by atoms with Crippen molar-refractivity contribution in [3.63, 3.8) is 0 Å². The highest BCUT2D eigenvalue weighted by molar-refractivity contribution is 6.36. The maximum absolute atomic E-state index is 13.3. The van der Waals surface area contributed by atoms with E-state index in [9.17, 15) is 9.59 Å². The summed E-state index contributed by atoms with van der Waals surface area (Å²) in [5, 5.41) is 3.14. The van der Waals surface area contributed by atoms with Gasteiger partial charge in [-0.3, -0.25) is 14.5 Å². The third kappa shape index (κ3) is 6.14. The van der Waals surface area contributed by atoms with Crippen molar-refractivity contribution in [2.45, 2.75) is 33.8 Å². The van der Waals surface area contributed by atoms with E-state index in [1.54, 1.807) is 25.3 Å². The van der Waals surface area contributed by atoms with E-state index in [-0.39, 0.29) is 36.8 Å². The first kappa shape index (κ1) is 24.3. The smallest absolute Gasteiger partial charge is 0.278 e. The zero-order chi connectivity index (χ0) is 24.0. The van der Waals surface area contributed by atoms with Crippen LogP contribution in [0.2, 0.25) is 0 Å². The lowest BCUT2D eigenvalue weighted by molar-refractivity contribution is -0.137. The predicted octanol–water partition coefficient (Wildman–Crippen LogP) is 4.35. The van der Waals surface area contributed by atoms with Crippen LogP contribution in [0.25, 0.3) is 5.57 Å². The van der Waals surface area contributed by atoms with Crippen LogP contribution in [0, 0.1) is 5.92 Å². The van der Waals surface area contributed by atoms with E-state index in [1.165, 1.54) is 4.90 Å². The Kier molecular flexibility index (Phi) is 8.11. The van der Waals surface area contributed by atoms with Crippen LogP contribution < -0.4 is 14.8 Å². The maximum atomic E-state index is 13.3. The highest BCUT2D eigenvalue weighted by Crippen LogP contribution is 2.32. The van der Waals surface area contributed by atoms with Crippen LogP contribution in [0.15, 0.2) is 54.2 Å². The molecule has 1 aliphatic rings. The number of carbonyl (C=O) groups is 2. The van der Waals surface area contributed by atoms with E-state index in [1.807, 2.05) is 44.2 Å². The second-order valence-electron chi connectivity index (χ2n) is 8.52. The van der Waals surface area contributed by atoms with Crippen molar-refractivity contribution in [1.82, 2.24) is 4.90 Å². The predicted molar refractivity (Wildman–Crippen MR) is 128 cm³/mol. The number of nitrogens with one attached hydrogen (secondary N) is 1. The van der Waals surface area contributed by atoms with Crippen molar-refractivity contribution in [2.24, 2.45) is 5.92 Å². The van der Waals surface area contributed by atoms with Crippen LogP contribution in [0.4, 0.5) is 5.69 Å². The quantitative estimate of drug-likeness (QED) is 0.511. The van der Waals surface area contributed by atoms with E-state index in [4.69, 9.17) is 14.2 Å². The third-order valence-corrected chi connectivity index (χ3v) is 5.00. The van der Waals surface area contributed by atoms with Crippen molar-refractivity contribution >= 4 is 23.1 Å². The summed E-state index contributed by atoms with van der Waals surface area (Å²) in [4.78, 5) is 27.8. The zero-order valence-corrected chi connectivity index (χ0v) is 19.9. The lowest BCUT2D eigenvalue weighted by atomic mass is 10.0. The maximum Gasteiger partial charge on any atom is 0.278 e. The minimum atomic E-state index is -0.384. The van der Waals surface area contributed by atoms with Gasteiger partial charge in [0.15, 0.2) is 0 Å². The van der Waals surface area contributed by atoms with Gasteiger partial charge in [0.1, 0.15) is 17.2 Å². The van der Waals surface area contributed by atoms with Crippen molar-refractivity contribution in [3.8, 4) is 11.5 Å². The van der Waals surface area contributed by atoms with E-state index in [0.29, 0.717) is 40.8 Å². The van der Waals surface area contributed by atoms with E-state index < -0.39 is 0 Å². The molecule has 7 heteroatoms. The molecule has 2 amide bonds. The van der Waals surface area contributed by atoms with Crippen LogP contribution in [0.5, 0.6) is 11.5 Å². The van der Waals surface area contributed by atoms with Crippen LogP contribution in [-0.4, -0.2) is 49.7 Å². The van der Waals surface area contributed by atoms with Crippen LogP contribution in [0.1, 0.15) is 33.3 Å². The molecule has 176 valence electrons. The summed E-state index contributed by atoms with van der Waals surface area (Å²) in [5.74, 6) is 1.03. The Balaban J connectivity index is 1.92. The molecule has 0 bridgehead atoms. The van der Waals surface area contributed by atoms with Gasteiger partial charge in [0, 0.05) is 11.8 Å². The molecule has 0 fully saturated rings. The average molecular weight is 453 g/mol. The lowest BCUT2D eigenvalue weighted by Gasteiger charge is -2.16. The summed E-state index contributed by atoms with van der Waals surface area (Å²) in [5.41, 5.74) is 1.85. The van der Waals surface area contributed by atoms with Gasteiger partial charge in [0.25, 0.3) is 11.8 Å². The number of benzene rings is 2. The molecule has 0 spiro atoms. The largest absolute Gasteiger partial charge is 0.497 e. The van der Waals surface area contributed by atoms with Gasteiger partial charge in [-0.05, 0) is 49.6 Å². The molecule has 0 saturated carbocycles. The van der Waals surface area contributed by atoms with Gasteiger partial charge < -0.3 is 19.5 Å². The normalized spacial score (nSPS) is 14.0. The van der Waals surface area contributed by atoms with Crippen LogP contribution >= 0.6 is 0 Å². The van der Waals surface area contributed by atoms with E-state index in [2.05, 4.69) is 19.2 Å². The zero-order valence-electron chi connectivity index (χ0n) is 19.9. The van der Waals surface area contributed by atoms with Gasteiger partial charge in [0.05, 0.1) is 38.5 Å². The first-order chi connectivity index (χ1) is 15.8. The molecule has 3 rings (SSSR count). The first-order valence-electron chi connectivity index (χ1n) is 11.2. The number of amides is 2. The fourth-order valence-electron chi connectivity index (χ4n) is 3.37. The highest BCUT2D eigenvalue weighted by atomic mass is 16.5. The molecule has 1 aliphatic heterocycles. The Labute approximate surface area is 195 Å². The van der Waals surface area contributed by atoms with Gasteiger partial charge in [0.2, 0.25) is 0 Å². The molecular weight excluding hydrogens is 420 g/mol. The number of ether oxygens (including phenoxy) is 3. The van der Waals surface area contributed by atoms with Gasteiger partial charge in [-0.2, -0.15) is 0 Å². The second-order valence-corrected chi connectivity index (χ2v) is 8.52. The average Bonchev–Trinajstić information content (AvgIpc) is 3.02. The Hall–Kier alpha value is -3.32. The Bertz CT molecular complexity index is 1010. The Morgan fingerprint density at radius 2 is 1.67 bits per heavy atom. The summed E-state index contributed by atoms with van der Waals surface area (Å²) < 4.78 is 16.6. The SMILES string of the molecule is COc1cccc(NC2=C(c3ccc(OCC(C)C)cc3)C(=O)N(CCOC(C)C)C2=O)c1. The van der Waals surface area contributed by atoms with Crippen molar-refractivity contribution in [1.29, 1.82) is 0 Å². The van der Waals surface area contributed by atoms with E-state index in [0.717, 1.165) is 0 Å². The number of anilines is 1. The summed E-state index contributed by atoms with van der Waals surface area (Å²) in [6, 6.07) is 14.5.